The summed E-state index contributed by atoms with van der Waals surface area (Å²) in [5, 5.41) is 25.0. The largest absolute Gasteiger partial charge is 0.490 e. The van der Waals surface area contributed by atoms with Crippen molar-refractivity contribution in [2.24, 2.45) is 0 Å². The second kappa shape index (κ2) is 11.0. The molecule has 3 aromatic rings. The molecular formula is C29H35N5O3. The van der Waals surface area contributed by atoms with E-state index in [0.29, 0.717) is 5.92 Å². The fraction of sp³-hybridized carbons (Fsp3) is 0.414. The van der Waals surface area contributed by atoms with Gasteiger partial charge in [-0.05, 0) is 100 Å². The average Bonchev–Trinajstić information content (AvgIpc) is 3.59. The van der Waals surface area contributed by atoms with E-state index >= 15 is 0 Å². The molecule has 1 fully saturated rings. The van der Waals surface area contributed by atoms with Crippen LogP contribution in [0.4, 0.5) is 17.2 Å². The van der Waals surface area contributed by atoms with Crippen molar-refractivity contribution in [2.75, 3.05) is 11.1 Å². The molecule has 0 amide bonds. The molecular weight excluding hydrogens is 466 g/mol. The van der Waals surface area contributed by atoms with Crippen LogP contribution in [0.3, 0.4) is 0 Å². The molecule has 2 aliphatic rings. The summed E-state index contributed by atoms with van der Waals surface area (Å²) in [4.78, 5) is 8.36. The van der Waals surface area contributed by atoms with Crippen LogP contribution in [0.1, 0.15) is 75.1 Å². The predicted octanol–water partition coefficient (Wildman–Crippen LogP) is 5.93. The molecule has 0 spiro atoms. The molecule has 194 valence electrons. The number of benzene rings is 2. The van der Waals surface area contributed by atoms with Crippen LogP contribution < -0.4 is 15.8 Å². The van der Waals surface area contributed by atoms with E-state index in [0.717, 1.165) is 66.3 Å². The normalized spacial score (nSPS) is 20.3. The fourth-order valence-corrected chi connectivity index (χ4v) is 5.22. The number of fused-ring (bicyclic) bond motifs is 1. The third-order valence-corrected chi connectivity index (χ3v) is 7.00. The zero-order chi connectivity index (χ0) is 26.6. The number of ether oxygens (including phenoxy) is 1. The van der Waals surface area contributed by atoms with Crippen LogP contribution >= 0.6 is 0 Å². The first kappa shape index (κ1) is 26.1. The Balaban J connectivity index is 0.00000102. The van der Waals surface area contributed by atoms with Gasteiger partial charge in [-0.2, -0.15) is 10.4 Å². The van der Waals surface area contributed by atoms with Gasteiger partial charge in [0.1, 0.15) is 11.6 Å². The van der Waals surface area contributed by atoms with Crippen molar-refractivity contribution in [3.05, 3.63) is 65.4 Å². The van der Waals surface area contributed by atoms with Gasteiger partial charge in [0, 0.05) is 23.4 Å². The highest BCUT2D eigenvalue weighted by Gasteiger charge is 2.31. The summed E-state index contributed by atoms with van der Waals surface area (Å²) in [6.07, 6.45) is 5.11. The summed E-state index contributed by atoms with van der Waals surface area (Å²) >= 11 is 0. The third kappa shape index (κ3) is 6.05. The molecule has 1 saturated carbocycles. The zero-order valence-electron chi connectivity index (χ0n) is 21.6. The van der Waals surface area contributed by atoms with E-state index in [9.17, 15) is 5.26 Å². The highest BCUT2D eigenvalue weighted by atomic mass is 16.5. The summed E-state index contributed by atoms with van der Waals surface area (Å²) in [5.74, 6) is 2.22. The van der Waals surface area contributed by atoms with Crippen molar-refractivity contribution in [3.63, 3.8) is 0 Å². The molecule has 1 heterocycles. The molecule has 3 atom stereocenters. The Hall–Kier alpha value is -3.99. The lowest BCUT2D eigenvalue weighted by molar-refractivity contribution is -0.122. The average molecular weight is 502 g/mol. The predicted molar refractivity (Wildman–Crippen MR) is 144 cm³/mol. The number of nitrogens with one attached hydrogen (secondary N) is 1. The van der Waals surface area contributed by atoms with Gasteiger partial charge in [0.15, 0.2) is 0 Å². The van der Waals surface area contributed by atoms with E-state index in [4.69, 9.17) is 25.5 Å². The molecule has 1 aromatic heterocycles. The van der Waals surface area contributed by atoms with Crippen molar-refractivity contribution in [1.82, 2.24) is 9.78 Å². The molecule has 2 aliphatic carbocycles. The molecule has 8 heteroatoms. The first-order valence-electron chi connectivity index (χ1n) is 12.7. The number of rotatable bonds is 5. The van der Waals surface area contributed by atoms with Crippen LogP contribution in [0, 0.1) is 11.3 Å². The maximum absolute atomic E-state index is 9.50. The smallest absolute Gasteiger partial charge is 0.290 e. The highest BCUT2D eigenvalue weighted by Crippen LogP contribution is 2.39. The molecule has 2 aromatic carbocycles. The number of anilines is 3. The van der Waals surface area contributed by atoms with E-state index in [-0.39, 0.29) is 24.0 Å². The molecule has 0 saturated heterocycles. The first-order chi connectivity index (χ1) is 17.7. The number of hydrogen-bond donors (Lipinski definition) is 3. The van der Waals surface area contributed by atoms with Gasteiger partial charge in [0.2, 0.25) is 0 Å². The zero-order valence-corrected chi connectivity index (χ0v) is 21.6. The van der Waals surface area contributed by atoms with Crippen molar-refractivity contribution < 1.29 is 14.6 Å². The second-order valence-corrected chi connectivity index (χ2v) is 10.7. The number of aryl methyl sites for hydroxylation is 1. The van der Waals surface area contributed by atoms with Gasteiger partial charge in [0.25, 0.3) is 6.47 Å². The minimum Gasteiger partial charge on any atom is -0.490 e. The Morgan fingerprint density at radius 2 is 1.89 bits per heavy atom. The molecule has 5 rings (SSSR count). The van der Waals surface area contributed by atoms with Crippen LogP contribution in [0.15, 0.2) is 48.5 Å². The van der Waals surface area contributed by atoms with Crippen LogP contribution in [-0.2, 0) is 16.8 Å². The van der Waals surface area contributed by atoms with Crippen LogP contribution in [0.5, 0.6) is 5.75 Å². The minimum absolute atomic E-state index is 0.00341. The maximum atomic E-state index is 9.50. The van der Waals surface area contributed by atoms with Crippen LogP contribution in [0.2, 0.25) is 0 Å². The number of nitrogen functional groups attached to an aromatic ring is 1. The van der Waals surface area contributed by atoms with Crippen LogP contribution in [-0.4, -0.2) is 27.5 Å². The molecule has 0 bridgehead atoms. The Morgan fingerprint density at radius 1 is 1.16 bits per heavy atom. The lowest BCUT2D eigenvalue weighted by Gasteiger charge is -2.23. The Bertz CT molecular complexity index is 1270. The van der Waals surface area contributed by atoms with Crippen molar-refractivity contribution in [1.29, 1.82) is 5.26 Å². The van der Waals surface area contributed by atoms with Gasteiger partial charge >= 0.3 is 0 Å². The number of carbonyl (C=O) groups is 1. The van der Waals surface area contributed by atoms with E-state index in [1.54, 1.807) is 0 Å². The Kier molecular flexibility index (Phi) is 7.72. The molecule has 3 unspecified atom stereocenters. The third-order valence-electron chi connectivity index (χ3n) is 7.00. The number of aromatic nitrogens is 2. The van der Waals surface area contributed by atoms with Crippen molar-refractivity contribution in [2.45, 2.75) is 76.4 Å². The molecule has 4 N–H and O–H groups in total. The van der Waals surface area contributed by atoms with E-state index < -0.39 is 0 Å². The quantitative estimate of drug-likeness (QED) is 0.292. The van der Waals surface area contributed by atoms with E-state index in [2.05, 4.69) is 61.1 Å². The topological polar surface area (TPSA) is 126 Å². The molecule has 0 radical (unpaired) electrons. The Morgan fingerprint density at radius 3 is 2.57 bits per heavy atom. The van der Waals surface area contributed by atoms with Gasteiger partial charge in [-0.15, -0.1) is 0 Å². The summed E-state index contributed by atoms with van der Waals surface area (Å²) in [7, 11) is 0. The van der Waals surface area contributed by atoms with Crippen molar-refractivity contribution >= 4 is 23.7 Å². The second-order valence-electron chi connectivity index (χ2n) is 10.7. The van der Waals surface area contributed by atoms with Crippen molar-refractivity contribution in [3.8, 4) is 11.8 Å². The summed E-state index contributed by atoms with van der Waals surface area (Å²) in [5.41, 5.74) is 10.9. The Labute approximate surface area is 218 Å². The monoisotopic (exact) mass is 501 g/mol. The SMILES string of the molecule is CC(C)(C)n1nc(C2CCC(Oc3ccc(N)cc3)C2)cc1Nc1ccc2c(c1)C(C#N)CC2.O=CO. The van der Waals surface area contributed by atoms with Gasteiger partial charge in [0.05, 0.1) is 29.3 Å². The fourth-order valence-electron chi connectivity index (χ4n) is 5.22. The first-order valence-corrected chi connectivity index (χ1v) is 12.7. The number of hydrogen-bond acceptors (Lipinski definition) is 6. The lowest BCUT2D eigenvalue weighted by Crippen LogP contribution is -2.24. The van der Waals surface area contributed by atoms with Gasteiger partial charge in [-0.1, -0.05) is 6.07 Å². The molecule has 0 aliphatic heterocycles. The highest BCUT2D eigenvalue weighted by molar-refractivity contribution is 5.61. The van der Waals surface area contributed by atoms with Crippen LogP contribution in [0.25, 0.3) is 0 Å². The molecule has 37 heavy (non-hydrogen) atoms. The standard InChI is InChI=1S/C28H33N5O.CH2O2/c1-28(2,3)33-27(31-22-10-6-18-4-5-20(17-29)25(18)15-22)16-26(32-33)19-7-11-24(14-19)34-23-12-8-21(30)9-13-23;2-1-3/h6,8-10,12-13,15-16,19-20,24,31H,4-5,7,11,14,30H2,1-3H3;1H,(H,2,3). The minimum atomic E-state index is -0.250. The van der Waals surface area contributed by atoms with Gasteiger partial charge in [-0.25, -0.2) is 4.68 Å². The number of carboxylic acid groups (broad SMARTS) is 1. The number of nitrogens with two attached hydrogens (primary N) is 1. The maximum Gasteiger partial charge on any atom is 0.290 e. The number of nitriles is 1. The summed E-state index contributed by atoms with van der Waals surface area (Å²) in [6.45, 7) is 6.26. The number of nitrogens with zero attached hydrogens (tertiary/aromatic N) is 3. The lowest BCUT2D eigenvalue weighted by atomic mass is 10.0. The van der Waals surface area contributed by atoms with Gasteiger partial charge in [-0.3, -0.25) is 4.79 Å². The summed E-state index contributed by atoms with van der Waals surface area (Å²) < 4.78 is 8.30. The van der Waals surface area contributed by atoms with Gasteiger partial charge < -0.3 is 20.9 Å². The summed E-state index contributed by atoms with van der Waals surface area (Å²) in [6, 6.07) is 18.7. The molecule has 8 nitrogen and oxygen atoms in total. The van der Waals surface area contributed by atoms with E-state index in [1.807, 2.05) is 24.3 Å². The van der Waals surface area contributed by atoms with E-state index in [1.165, 1.54) is 5.56 Å².